The molecule has 2 aromatic carbocycles. The molecule has 2 aromatic rings. The highest BCUT2D eigenvalue weighted by molar-refractivity contribution is 7.89. The van der Waals surface area contributed by atoms with Gasteiger partial charge in [0.2, 0.25) is 10.0 Å². The predicted molar refractivity (Wildman–Crippen MR) is 107 cm³/mol. The van der Waals surface area contributed by atoms with E-state index in [0.717, 1.165) is 4.31 Å². The van der Waals surface area contributed by atoms with Crippen molar-refractivity contribution in [3.8, 4) is 5.75 Å². The van der Waals surface area contributed by atoms with Gasteiger partial charge in [0.25, 0.3) is 11.6 Å². The van der Waals surface area contributed by atoms with Crippen LogP contribution in [0.1, 0.15) is 5.56 Å². The van der Waals surface area contributed by atoms with E-state index < -0.39 is 27.4 Å². The lowest BCUT2D eigenvalue weighted by Crippen LogP contribution is -2.36. The molecule has 10 nitrogen and oxygen atoms in total. The van der Waals surface area contributed by atoms with E-state index in [1.807, 2.05) is 0 Å². The lowest BCUT2D eigenvalue weighted by Gasteiger charge is -2.16. The van der Waals surface area contributed by atoms with Gasteiger partial charge in [-0.25, -0.2) is 13.8 Å². The molecule has 154 valence electrons. The van der Waals surface area contributed by atoms with Gasteiger partial charge in [0.1, 0.15) is 5.75 Å². The van der Waals surface area contributed by atoms with Crippen LogP contribution in [0, 0.1) is 10.1 Å². The Morgan fingerprint density at radius 2 is 2.07 bits per heavy atom. The molecule has 0 radical (unpaired) electrons. The first-order valence-electron chi connectivity index (χ1n) is 8.01. The number of nitro groups is 1. The summed E-state index contributed by atoms with van der Waals surface area (Å²) < 4.78 is 30.9. The summed E-state index contributed by atoms with van der Waals surface area (Å²) >= 11 is 5.95. The number of nitro benzene ring substituents is 1. The minimum absolute atomic E-state index is 0.0984. The Balaban J connectivity index is 2.01. The zero-order chi connectivity index (χ0) is 21.6. The van der Waals surface area contributed by atoms with Crippen molar-refractivity contribution in [1.82, 2.24) is 9.73 Å². The summed E-state index contributed by atoms with van der Waals surface area (Å²) in [6, 6.07) is 9.58. The fourth-order valence-electron chi connectivity index (χ4n) is 2.21. The van der Waals surface area contributed by atoms with Crippen molar-refractivity contribution in [3.63, 3.8) is 0 Å². The molecule has 0 heterocycles. The van der Waals surface area contributed by atoms with E-state index in [1.165, 1.54) is 56.8 Å². The van der Waals surface area contributed by atoms with Gasteiger partial charge in [-0.15, -0.1) is 0 Å². The number of nitrogens with zero attached hydrogens (tertiary/aromatic N) is 3. The standard InChI is InChI=1S/C17H17ClN4O6S/c1-21(29(26,27)14-6-7-16(28-2)15(18)9-14)11-17(23)20-19-10-12-4-3-5-13(8-12)22(24)25/h3-10H,11H2,1-2H3,(H,20,23). The molecule has 1 N–H and O–H groups in total. The van der Waals surface area contributed by atoms with Crippen molar-refractivity contribution < 1.29 is 22.9 Å². The first kappa shape index (κ1) is 22.3. The number of hydrogen-bond acceptors (Lipinski definition) is 7. The Labute approximate surface area is 171 Å². The molecule has 0 aliphatic heterocycles. The third kappa shape index (κ3) is 5.73. The summed E-state index contributed by atoms with van der Waals surface area (Å²) in [5.41, 5.74) is 2.45. The quantitative estimate of drug-likeness (QED) is 0.379. The summed E-state index contributed by atoms with van der Waals surface area (Å²) in [5.74, 6) is -0.376. The molecule has 0 spiro atoms. The maximum absolute atomic E-state index is 12.6. The number of non-ortho nitro benzene ring substituents is 1. The number of sulfonamides is 1. The average molecular weight is 441 g/mol. The van der Waals surface area contributed by atoms with E-state index in [2.05, 4.69) is 10.5 Å². The first-order valence-corrected chi connectivity index (χ1v) is 9.83. The highest BCUT2D eigenvalue weighted by Gasteiger charge is 2.23. The van der Waals surface area contributed by atoms with Gasteiger partial charge in [0.15, 0.2) is 0 Å². The first-order chi connectivity index (χ1) is 13.6. The Hall–Kier alpha value is -3.02. The SMILES string of the molecule is COc1ccc(S(=O)(=O)N(C)CC(=O)NN=Cc2cccc([N+](=O)[O-])c2)cc1Cl. The fraction of sp³-hybridized carbons (Fsp3) is 0.176. The number of carbonyl (C=O) groups excluding carboxylic acids is 1. The van der Waals surface area contributed by atoms with E-state index in [4.69, 9.17) is 16.3 Å². The monoisotopic (exact) mass is 440 g/mol. The normalized spacial score (nSPS) is 11.6. The van der Waals surface area contributed by atoms with Gasteiger partial charge in [0.05, 0.1) is 34.7 Å². The van der Waals surface area contributed by atoms with Crippen molar-refractivity contribution in [1.29, 1.82) is 0 Å². The third-order valence-corrected chi connectivity index (χ3v) is 5.78. The van der Waals surface area contributed by atoms with Crippen LogP contribution in [0.15, 0.2) is 52.5 Å². The summed E-state index contributed by atoms with van der Waals surface area (Å²) in [6.07, 6.45) is 1.21. The highest BCUT2D eigenvalue weighted by Crippen LogP contribution is 2.28. The zero-order valence-electron chi connectivity index (χ0n) is 15.4. The molecule has 12 heteroatoms. The van der Waals surface area contributed by atoms with Gasteiger partial charge >= 0.3 is 0 Å². The third-order valence-electron chi connectivity index (χ3n) is 3.68. The molecule has 2 rings (SSSR count). The fourth-order valence-corrected chi connectivity index (χ4v) is 3.68. The average Bonchev–Trinajstić information content (AvgIpc) is 2.68. The summed E-state index contributed by atoms with van der Waals surface area (Å²) in [5, 5.41) is 14.5. The van der Waals surface area contributed by atoms with Crippen LogP contribution in [0.4, 0.5) is 5.69 Å². The van der Waals surface area contributed by atoms with Gasteiger partial charge in [-0.05, 0) is 18.2 Å². The number of hydrogen-bond donors (Lipinski definition) is 1. The molecule has 29 heavy (non-hydrogen) atoms. The number of carbonyl (C=O) groups is 1. The van der Waals surface area contributed by atoms with E-state index >= 15 is 0 Å². The van der Waals surface area contributed by atoms with Gasteiger partial charge in [0, 0.05) is 24.7 Å². The highest BCUT2D eigenvalue weighted by atomic mass is 35.5. The van der Waals surface area contributed by atoms with Gasteiger partial charge in [-0.3, -0.25) is 14.9 Å². The topological polar surface area (TPSA) is 131 Å². The number of ether oxygens (including phenoxy) is 1. The second-order valence-corrected chi connectivity index (χ2v) is 8.15. The van der Waals surface area contributed by atoms with Crippen LogP contribution in [0.2, 0.25) is 5.02 Å². The van der Waals surface area contributed by atoms with Gasteiger partial charge in [-0.2, -0.15) is 9.41 Å². The smallest absolute Gasteiger partial charge is 0.270 e. The number of amides is 1. The Bertz CT molecular complexity index is 1060. The number of halogens is 1. The van der Waals surface area contributed by atoms with Crippen LogP contribution in [0.3, 0.4) is 0 Å². The second-order valence-electron chi connectivity index (χ2n) is 5.70. The minimum atomic E-state index is -3.97. The number of benzene rings is 2. The minimum Gasteiger partial charge on any atom is -0.495 e. The van der Waals surface area contributed by atoms with E-state index in [1.54, 1.807) is 6.07 Å². The maximum Gasteiger partial charge on any atom is 0.270 e. The molecule has 1 amide bonds. The molecule has 0 saturated carbocycles. The number of rotatable bonds is 8. The lowest BCUT2D eigenvalue weighted by molar-refractivity contribution is -0.384. The van der Waals surface area contributed by atoms with Crippen molar-refractivity contribution >= 4 is 39.4 Å². The molecular weight excluding hydrogens is 424 g/mol. The predicted octanol–water partition coefficient (Wildman–Crippen LogP) is 2.03. The number of nitrogens with one attached hydrogen (secondary N) is 1. The summed E-state index contributed by atoms with van der Waals surface area (Å²) in [7, 11) is -1.33. The summed E-state index contributed by atoms with van der Waals surface area (Å²) in [6.45, 7) is -0.502. The van der Waals surface area contributed by atoms with E-state index in [9.17, 15) is 23.3 Å². The van der Waals surface area contributed by atoms with Crippen molar-refractivity contribution in [2.24, 2.45) is 5.10 Å². The molecule has 0 bridgehead atoms. The van der Waals surface area contributed by atoms with Crippen LogP contribution in [-0.2, 0) is 14.8 Å². The van der Waals surface area contributed by atoms with E-state index in [-0.39, 0.29) is 15.6 Å². The number of likely N-dealkylation sites (N-methyl/N-ethyl adjacent to an activating group) is 1. The van der Waals surface area contributed by atoms with Crippen molar-refractivity contribution in [2.45, 2.75) is 4.90 Å². The van der Waals surface area contributed by atoms with Gasteiger partial charge < -0.3 is 4.74 Å². The molecule has 0 aliphatic carbocycles. The van der Waals surface area contributed by atoms with Crippen LogP contribution in [0.25, 0.3) is 0 Å². The van der Waals surface area contributed by atoms with Crippen LogP contribution in [-0.4, -0.2) is 50.5 Å². The molecule has 0 aliphatic rings. The molecule has 0 fully saturated rings. The zero-order valence-corrected chi connectivity index (χ0v) is 17.0. The maximum atomic E-state index is 12.6. The van der Waals surface area contributed by atoms with Crippen LogP contribution in [0.5, 0.6) is 5.75 Å². The lowest BCUT2D eigenvalue weighted by atomic mass is 10.2. The number of methoxy groups -OCH3 is 1. The van der Waals surface area contributed by atoms with Crippen molar-refractivity contribution in [2.75, 3.05) is 20.7 Å². The number of hydrazone groups is 1. The van der Waals surface area contributed by atoms with Crippen LogP contribution < -0.4 is 10.2 Å². The Morgan fingerprint density at radius 3 is 2.69 bits per heavy atom. The molecule has 0 atom stereocenters. The molecule has 0 unspecified atom stereocenters. The van der Waals surface area contributed by atoms with Gasteiger partial charge in [-0.1, -0.05) is 23.7 Å². The largest absolute Gasteiger partial charge is 0.495 e. The van der Waals surface area contributed by atoms with Crippen LogP contribution >= 0.6 is 11.6 Å². The Kier molecular flexibility index (Phi) is 7.26. The molecule has 0 aromatic heterocycles. The molecular formula is C17H17ClN4O6S. The van der Waals surface area contributed by atoms with E-state index in [0.29, 0.717) is 11.3 Å². The second kappa shape index (κ2) is 9.45. The van der Waals surface area contributed by atoms with Crippen molar-refractivity contribution in [3.05, 3.63) is 63.2 Å². The summed E-state index contributed by atoms with van der Waals surface area (Å²) in [4.78, 5) is 22.1. The Morgan fingerprint density at radius 1 is 1.34 bits per heavy atom. The molecule has 0 saturated heterocycles.